The molecule has 0 fully saturated rings. The van der Waals surface area contributed by atoms with Gasteiger partial charge in [0.15, 0.2) is 5.43 Å². The summed E-state index contributed by atoms with van der Waals surface area (Å²) in [5.41, 5.74) is 5.69. The van der Waals surface area contributed by atoms with Gasteiger partial charge in [0, 0.05) is 31.5 Å². The van der Waals surface area contributed by atoms with Crippen molar-refractivity contribution in [2.45, 2.75) is 45.5 Å². The molecule has 0 bridgehead atoms. The molecule has 0 atom stereocenters. The van der Waals surface area contributed by atoms with Crippen LogP contribution in [0.15, 0.2) is 53.7 Å². The van der Waals surface area contributed by atoms with Crippen LogP contribution in [-0.4, -0.2) is 37.7 Å². The molecule has 8 nitrogen and oxygen atoms in total. The van der Waals surface area contributed by atoms with E-state index < -0.39 is 0 Å². The number of fused-ring (bicyclic) bond motifs is 2. The molecule has 0 unspecified atom stereocenters. The average Bonchev–Trinajstić information content (AvgIpc) is 3.42. The Hall–Kier alpha value is -3.52. The molecule has 1 N–H and O–H groups in total. The molecule has 5 rings (SSSR count). The van der Waals surface area contributed by atoms with Gasteiger partial charge in [-0.3, -0.25) is 4.79 Å². The Labute approximate surface area is 185 Å². The smallest absolute Gasteiger partial charge is 0.196 e. The second kappa shape index (κ2) is 8.55. The number of nitrogens with zero attached hydrogens (tertiary/aromatic N) is 5. The predicted octanol–water partition coefficient (Wildman–Crippen LogP) is 2.78. The fraction of sp³-hybridized carbons (Fsp3) is 0.333. The van der Waals surface area contributed by atoms with E-state index in [-0.39, 0.29) is 5.43 Å². The Morgan fingerprint density at radius 1 is 1.19 bits per heavy atom. The van der Waals surface area contributed by atoms with Crippen LogP contribution in [0.5, 0.6) is 0 Å². The number of aryl methyl sites for hydroxylation is 1. The molecule has 0 amide bonds. The summed E-state index contributed by atoms with van der Waals surface area (Å²) in [6, 6.07) is 10.8. The zero-order valence-corrected chi connectivity index (χ0v) is 18.3. The highest BCUT2D eigenvalue weighted by atomic mass is 16.5. The standard InChI is InChI=1S/C24H26N6O2/c1-3-29-12-18(13-30-14-21(15-32-2)27-28-30)23(31)22-10-20(11-25-24(22)29)26-19-8-16-6-4-5-7-17(16)9-19/h4-7,10-12,14,19,26H,3,8-9,13,15H2,1-2H3. The molecule has 164 valence electrons. The number of ether oxygens (including phenoxy) is 1. The Morgan fingerprint density at radius 3 is 2.69 bits per heavy atom. The van der Waals surface area contributed by atoms with E-state index in [4.69, 9.17) is 4.74 Å². The second-order valence-corrected chi connectivity index (χ2v) is 8.22. The third-order valence-corrected chi connectivity index (χ3v) is 5.96. The largest absolute Gasteiger partial charge is 0.380 e. The van der Waals surface area contributed by atoms with Gasteiger partial charge in [0.05, 0.1) is 36.6 Å². The van der Waals surface area contributed by atoms with Gasteiger partial charge < -0.3 is 14.6 Å². The minimum Gasteiger partial charge on any atom is -0.380 e. The van der Waals surface area contributed by atoms with Crippen molar-refractivity contribution in [3.63, 3.8) is 0 Å². The van der Waals surface area contributed by atoms with Crippen molar-refractivity contribution < 1.29 is 4.74 Å². The lowest BCUT2D eigenvalue weighted by atomic mass is 10.1. The fourth-order valence-electron chi connectivity index (χ4n) is 4.47. The maximum atomic E-state index is 13.3. The number of nitrogens with one attached hydrogen (secondary N) is 1. The highest BCUT2D eigenvalue weighted by molar-refractivity contribution is 5.79. The third-order valence-electron chi connectivity index (χ3n) is 5.96. The molecule has 32 heavy (non-hydrogen) atoms. The van der Waals surface area contributed by atoms with Crippen LogP contribution < -0.4 is 10.7 Å². The van der Waals surface area contributed by atoms with Gasteiger partial charge in [-0.1, -0.05) is 29.5 Å². The Balaban J connectivity index is 1.45. The van der Waals surface area contributed by atoms with Crippen molar-refractivity contribution in [3.8, 4) is 0 Å². The number of hydrogen-bond acceptors (Lipinski definition) is 6. The molecule has 1 aliphatic carbocycles. The Morgan fingerprint density at radius 2 is 1.97 bits per heavy atom. The summed E-state index contributed by atoms with van der Waals surface area (Å²) in [4.78, 5) is 18.0. The molecule has 0 saturated heterocycles. The lowest BCUT2D eigenvalue weighted by Gasteiger charge is -2.15. The van der Waals surface area contributed by atoms with Gasteiger partial charge in [-0.15, -0.1) is 5.10 Å². The number of aromatic nitrogens is 5. The maximum Gasteiger partial charge on any atom is 0.196 e. The quantitative estimate of drug-likeness (QED) is 0.485. The van der Waals surface area contributed by atoms with E-state index in [9.17, 15) is 4.79 Å². The average molecular weight is 431 g/mol. The normalized spacial score (nSPS) is 13.6. The lowest BCUT2D eigenvalue weighted by Crippen LogP contribution is -2.21. The Kier molecular flexibility index (Phi) is 5.45. The number of benzene rings is 1. The number of hydrogen-bond donors (Lipinski definition) is 1. The van der Waals surface area contributed by atoms with Crippen LogP contribution >= 0.6 is 0 Å². The number of anilines is 1. The molecule has 8 heteroatoms. The number of pyridine rings is 2. The summed E-state index contributed by atoms with van der Waals surface area (Å²) in [7, 11) is 1.62. The Bertz CT molecular complexity index is 1300. The van der Waals surface area contributed by atoms with Gasteiger partial charge in [0.25, 0.3) is 0 Å². The molecule has 0 spiro atoms. The van der Waals surface area contributed by atoms with Crippen LogP contribution in [0.25, 0.3) is 11.0 Å². The van der Waals surface area contributed by atoms with E-state index in [1.807, 2.05) is 30.0 Å². The number of rotatable bonds is 7. The molecular weight excluding hydrogens is 404 g/mol. The van der Waals surface area contributed by atoms with Crippen LogP contribution in [0, 0.1) is 0 Å². The summed E-state index contributed by atoms with van der Waals surface area (Å²) in [6.07, 6.45) is 7.45. The second-order valence-electron chi connectivity index (χ2n) is 8.22. The van der Waals surface area contributed by atoms with Gasteiger partial charge in [-0.2, -0.15) is 0 Å². The first kappa shape index (κ1) is 20.4. The first-order chi connectivity index (χ1) is 15.6. The van der Waals surface area contributed by atoms with Crippen molar-refractivity contribution in [2.75, 3.05) is 12.4 Å². The van der Waals surface area contributed by atoms with Crippen LogP contribution in [0.3, 0.4) is 0 Å². The molecule has 0 saturated carbocycles. The zero-order valence-electron chi connectivity index (χ0n) is 18.3. The van der Waals surface area contributed by atoms with Crippen molar-refractivity contribution in [1.82, 2.24) is 24.5 Å². The van der Waals surface area contributed by atoms with Crippen LogP contribution in [0.1, 0.15) is 29.3 Å². The van der Waals surface area contributed by atoms with E-state index in [0.717, 1.165) is 24.2 Å². The summed E-state index contributed by atoms with van der Waals surface area (Å²) >= 11 is 0. The predicted molar refractivity (Wildman–Crippen MR) is 123 cm³/mol. The van der Waals surface area contributed by atoms with Crippen molar-refractivity contribution >= 4 is 16.7 Å². The van der Waals surface area contributed by atoms with E-state index in [1.165, 1.54) is 11.1 Å². The van der Waals surface area contributed by atoms with Crippen molar-refractivity contribution in [3.05, 3.63) is 81.5 Å². The molecule has 1 aromatic carbocycles. The summed E-state index contributed by atoms with van der Waals surface area (Å²) in [5.74, 6) is 0. The molecule has 1 aliphatic rings. The minimum atomic E-state index is -0.0284. The highest BCUT2D eigenvalue weighted by Gasteiger charge is 2.21. The SMILES string of the molecule is CCn1cc(Cn2cc(COC)nn2)c(=O)c2cc(NC3Cc4ccccc4C3)cnc21. The first-order valence-electron chi connectivity index (χ1n) is 10.9. The molecule has 3 aromatic heterocycles. The highest BCUT2D eigenvalue weighted by Crippen LogP contribution is 2.25. The third kappa shape index (κ3) is 3.89. The van der Waals surface area contributed by atoms with Gasteiger partial charge >= 0.3 is 0 Å². The monoisotopic (exact) mass is 430 g/mol. The van der Waals surface area contributed by atoms with Crippen molar-refractivity contribution in [2.24, 2.45) is 0 Å². The van der Waals surface area contributed by atoms with Crippen LogP contribution in [0.2, 0.25) is 0 Å². The summed E-state index contributed by atoms with van der Waals surface area (Å²) < 4.78 is 8.78. The molecular formula is C24H26N6O2. The molecule has 4 aromatic rings. The van der Waals surface area contributed by atoms with Crippen LogP contribution in [0.4, 0.5) is 5.69 Å². The molecule has 3 heterocycles. The van der Waals surface area contributed by atoms with Crippen LogP contribution in [-0.2, 0) is 37.3 Å². The van der Waals surface area contributed by atoms with Crippen molar-refractivity contribution in [1.29, 1.82) is 0 Å². The van der Waals surface area contributed by atoms with Gasteiger partial charge in [-0.25, -0.2) is 9.67 Å². The van der Waals surface area contributed by atoms with E-state index in [0.29, 0.717) is 42.3 Å². The fourth-order valence-corrected chi connectivity index (χ4v) is 4.47. The maximum absolute atomic E-state index is 13.3. The molecule has 0 radical (unpaired) electrons. The van der Waals surface area contributed by atoms with E-state index in [2.05, 4.69) is 44.9 Å². The lowest BCUT2D eigenvalue weighted by molar-refractivity contribution is 0.181. The van der Waals surface area contributed by atoms with Gasteiger partial charge in [-0.05, 0) is 37.0 Å². The van der Waals surface area contributed by atoms with Gasteiger partial charge in [0.1, 0.15) is 11.3 Å². The first-order valence-corrected chi connectivity index (χ1v) is 10.9. The number of methoxy groups -OCH3 is 1. The topological polar surface area (TPSA) is 86.9 Å². The summed E-state index contributed by atoms with van der Waals surface area (Å²) in [5, 5.41) is 12.4. The zero-order chi connectivity index (χ0) is 22.1. The van der Waals surface area contributed by atoms with Gasteiger partial charge in [0.2, 0.25) is 0 Å². The van der Waals surface area contributed by atoms with E-state index >= 15 is 0 Å². The molecule has 0 aliphatic heterocycles. The summed E-state index contributed by atoms with van der Waals surface area (Å²) in [6.45, 7) is 3.50. The van der Waals surface area contributed by atoms with E-state index in [1.54, 1.807) is 18.0 Å². The minimum absolute atomic E-state index is 0.0284.